The number of ether oxygens (including phenoxy) is 2. The lowest BCUT2D eigenvalue weighted by molar-refractivity contribution is 0.174. The van der Waals surface area contributed by atoms with Gasteiger partial charge in [0.05, 0.1) is 0 Å². The fourth-order valence-corrected chi connectivity index (χ4v) is 2.57. The lowest BCUT2D eigenvalue weighted by Crippen LogP contribution is -2.23. The van der Waals surface area contributed by atoms with E-state index in [0.29, 0.717) is 23.7 Å². The minimum absolute atomic E-state index is 0.212. The average molecular weight is 339 g/mol. The van der Waals surface area contributed by atoms with Crippen LogP contribution >= 0.6 is 0 Å². The van der Waals surface area contributed by atoms with Crippen molar-refractivity contribution in [2.24, 2.45) is 0 Å². The second kappa shape index (κ2) is 6.27. The number of fused-ring (bicyclic) bond motifs is 1. The van der Waals surface area contributed by atoms with E-state index < -0.39 is 0 Å². The lowest BCUT2D eigenvalue weighted by Gasteiger charge is -2.09. The molecule has 7 heteroatoms. The van der Waals surface area contributed by atoms with Gasteiger partial charge in [-0.25, -0.2) is 9.37 Å². The molecule has 0 bridgehead atoms. The van der Waals surface area contributed by atoms with Gasteiger partial charge >= 0.3 is 0 Å². The number of nitrogens with one attached hydrogen (secondary N) is 1. The highest BCUT2D eigenvalue weighted by Crippen LogP contribution is 2.32. The van der Waals surface area contributed by atoms with Crippen molar-refractivity contribution >= 4 is 5.82 Å². The van der Waals surface area contributed by atoms with Crippen LogP contribution in [0.5, 0.6) is 11.5 Å². The Hall–Kier alpha value is -3.35. The molecule has 0 spiro atoms. The van der Waals surface area contributed by atoms with Gasteiger partial charge in [0.15, 0.2) is 17.3 Å². The number of hydrogen-bond acceptors (Lipinski definition) is 5. The molecule has 1 aromatic heterocycles. The first kappa shape index (κ1) is 15.2. The first-order valence-corrected chi connectivity index (χ1v) is 7.67. The number of aromatic nitrogens is 2. The number of nitrogens with zero attached hydrogens (tertiary/aromatic N) is 2. The largest absolute Gasteiger partial charge is 0.454 e. The average Bonchev–Trinajstić information content (AvgIpc) is 3.09. The molecule has 0 saturated carbocycles. The Labute approximate surface area is 142 Å². The summed E-state index contributed by atoms with van der Waals surface area (Å²) in [6.45, 7) is 0.626. The molecule has 0 atom stereocenters. The predicted molar refractivity (Wildman–Crippen MR) is 89.7 cm³/mol. The maximum absolute atomic E-state index is 13.1. The zero-order valence-corrected chi connectivity index (χ0v) is 13.1. The highest BCUT2D eigenvalue weighted by molar-refractivity contribution is 5.46. The highest BCUT2D eigenvalue weighted by atomic mass is 19.1. The van der Waals surface area contributed by atoms with Crippen LogP contribution in [0, 0.1) is 5.82 Å². The first-order valence-electron chi connectivity index (χ1n) is 7.67. The summed E-state index contributed by atoms with van der Waals surface area (Å²) in [5.74, 6) is 1.25. The van der Waals surface area contributed by atoms with Crippen molar-refractivity contribution < 1.29 is 13.9 Å². The standard InChI is InChI=1S/C18H14FN3O3/c19-13-2-4-14(5-3-13)22-8-7-20-17(18(22)23)21-10-12-1-6-15-16(9-12)25-11-24-15/h1-9H,10-11H2,(H,20,21). The maximum atomic E-state index is 13.1. The Balaban J connectivity index is 1.56. The van der Waals surface area contributed by atoms with Crippen LogP contribution in [0.25, 0.3) is 5.69 Å². The minimum Gasteiger partial charge on any atom is -0.454 e. The summed E-state index contributed by atoms with van der Waals surface area (Å²) < 4.78 is 25.1. The van der Waals surface area contributed by atoms with Gasteiger partial charge in [0.1, 0.15) is 5.82 Å². The quantitative estimate of drug-likeness (QED) is 0.792. The van der Waals surface area contributed by atoms with Gasteiger partial charge in [-0.15, -0.1) is 0 Å². The van der Waals surface area contributed by atoms with Crippen molar-refractivity contribution in [3.63, 3.8) is 0 Å². The van der Waals surface area contributed by atoms with Crippen molar-refractivity contribution in [3.05, 3.63) is 76.6 Å². The molecule has 0 unspecified atom stereocenters. The van der Waals surface area contributed by atoms with E-state index in [-0.39, 0.29) is 24.0 Å². The zero-order chi connectivity index (χ0) is 17.2. The van der Waals surface area contributed by atoms with Gasteiger partial charge < -0.3 is 14.8 Å². The fourth-order valence-electron chi connectivity index (χ4n) is 2.57. The Morgan fingerprint density at radius 3 is 2.76 bits per heavy atom. The van der Waals surface area contributed by atoms with Gasteiger partial charge in [0.2, 0.25) is 6.79 Å². The van der Waals surface area contributed by atoms with Gasteiger partial charge in [-0.3, -0.25) is 9.36 Å². The molecule has 0 fully saturated rings. The van der Waals surface area contributed by atoms with E-state index in [1.165, 1.54) is 22.9 Å². The van der Waals surface area contributed by atoms with E-state index >= 15 is 0 Å². The summed E-state index contributed by atoms with van der Waals surface area (Å²) in [4.78, 5) is 16.7. The molecule has 1 aliphatic heterocycles. The highest BCUT2D eigenvalue weighted by Gasteiger charge is 2.13. The van der Waals surface area contributed by atoms with Crippen LogP contribution in [0.1, 0.15) is 5.56 Å². The van der Waals surface area contributed by atoms with E-state index in [1.807, 2.05) is 18.2 Å². The maximum Gasteiger partial charge on any atom is 0.297 e. The van der Waals surface area contributed by atoms with Crippen molar-refractivity contribution in [1.29, 1.82) is 0 Å². The van der Waals surface area contributed by atoms with Gasteiger partial charge in [-0.2, -0.15) is 0 Å². The van der Waals surface area contributed by atoms with E-state index in [4.69, 9.17) is 9.47 Å². The SMILES string of the molecule is O=c1c(NCc2ccc3c(c2)OCO3)nccn1-c1ccc(F)cc1. The summed E-state index contributed by atoms with van der Waals surface area (Å²) in [7, 11) is 0. The number of benzene rings is 2. The second-order valence-corrected chi connectivity index (χ2v) is 5.47. The molecule has 1 N–H and O–H groups in total. The molecule has 0 radical (unpaired) electrons. The number of rotatable bonds is 4. The van der Waals surface area contributed by atoms with Gasteiger partial charge in [0.25, 0.3) is 5.56 Å². The van der Waals surface area contributed by atoms with Crippen molar-refractivity contribution in [3.8, 4) is 17.2 Å². The molecular weight excluding hydrogens is 325 g/mol. The molecule has 4 rings (SSSR count). The molecule has 25 heavy (non-hydrogen) atoms. The molecule has 0 saturated heterocycles. The summed E-state index contributed by atoms with van der Waals surface area (Å²) in [5.41, 5.74) is 1.19. The van der Waals surface area contributed by atoms with Crippen LogP contribution in [0.3, 0.4) is 0 Å². The number of hydrogen-bond donors (Lipinski definition) is 1. The molecule has 0 aliphatic carbocycles. The number of anilines is 1. The molecule has 0 amide bonds. The smallest absolute Gasteiger partial charge is 0.297 e. The molecule has 3 aromatic rings. The number of halogens is 1. The molecule has 126 valence electrons. The van der Waals surface area contributed by atoms with E-state index in [2.05, 4.69) is 10.3 Å². The molecular formula is C18H14FN3O3. The van der Waals surface area contributed by atoms with Gasteiger partial charge in [0, 0.05) is 24.6 Å². The second-order valence-electron chi connectivity index (χ2n) is 5.47. The van der Waals surface area contributed by atoms with Crippen molar-refractivity contribution in [1.82, 2.24) is 9.55 Å². The zero-order valence-electron chi connectivity index (χ0n) is 13.1. The molecule has 6 nitrogen and oxygen atoms in total. The third kappa shape index (κ3) is 3.03. The summed E-state index contributed by atoms with van der Waals surface area (Å²) in [5, 5.41) is 3.03. The Morgan fingerprint density at radius 1 is 1.12 bits per heavy atom. The van der Waals surface area contributed by atoms with Crippen LogP contribution in [0.4, 0.5) is 10.2 Å². The molecule has 1 aliphatic rings. The van der Waals surface area contributed by atoms with Crippen LogP contribution in [0.2, 0.25) is 0 Å². The Kier molecular flexibility index (Phi) is 3.81. The van der Waals surface area contributed by atoms with E-state index in [1.54, 1.807) is 18.3 Å². The van der Waals surface area contributed by atoms with Crippen molar-refractivity contribution in [2.45, 2.75) is 6.54 Å². The third-order valence-corrected chi connectivity index (χ3v) is 3.84. The van der Waals surface area contributed by atoms with Gasteiger partial charge in [-0.1, -0.05) is 6.07 Å². The van der Waals surface area contributed by atoms with Crippen LogP contribution in [0.15, 0.2) is 59.7 Å². The topological polar surface area (TPSA) is 65.4 Å². The Morgan fingerprint density at radius 2 is 1.92 bits per heavy atom. The predicted octanol–water partition coefficient (Wildman–Crippen LogP) is 2.71. The van der Waals surface area contributed by atoms with Crippen LogP contribution in [-0.4, -0.2) is 16.3 Å². The summed E-state index contributed by atoms with van der Waals surface area (Å²) in [6, 6.07) is 11.3. The van der Waals surface area contributed by atoms with Gasteiger partial charge in [-0.05, 0) is 42.0 Å². The Bertz CT molecular complexity index is 970. The van der Waals surface area contributed by atoms with E-state index in [9.17, 15) is 9.18 Å². The first-order chi connectivity index (χ1) is 12.2. The van der Waals surface area contributed by atoms with Crippen molar-refractivity contribution in [2.75, 3.05) is 12.1 Å². The summed E-state index contributed by atoms with van der Waals surface area (Å²) in [6.07, 6.45) is 3.06. The third-order valence-electron chi connectivity index (χ3n) is 3.84. The normalized spacial score (nSPS) is 12.2. The van der Waals surface area contributed by atoms with Crippen LogP contribution < -0.4 is 20.3 Å². The van der Waals surface area contributed by atoms with E-state index in [0.717, 1.165) is 5.56 Å². The lowest BCUT2D eigenvalue weighted by atomic mass is 10.2. The minimum atomic E-state index is -0.355. The fraction of sp³-hybridized carbons (Fsp3) is 0.111. The summed E-state index contributed by atoms with van der Waals surface area (Å²) >= 11 is 0. The molecule has 2 heterocycles. The monoisotopic (exact) mass is 339 g/mol. The van der Waals surface area contributed by atoms with Crippen LogP contribution in [-0.2, 0) is 6.54 Å². The molecule has 2 aromatic carbocycles.